The van der Waals surface area contributed by atoms with Gasteiger partial charge < -0.3 is 14.7 Å². The van der Waals surface area contributed by atoms with Gasteiger partial charge in [0, 0.05) is 31.0 Å². The number of hydrogen-bond donors (Lipinski definition) is 1. The number of ether oxygens (including phenoxy) is 1. The van der Waals surface area contributed by atoms with Gasteiger partial charge in [-0.2, -0.15) is 0 Å². The van der Waals surface area contributed by atoms with E-state index in [9.17, 15) is 9.90 Å². The Bertz CT molecular complexity index is 562. The molecule has 4 rings (SSSR count). The molecule has 1 N–H and O–H groups in total. The Morgan fingerprint density at radius 2 is 2.05 bits per heavy atom. The molecule has 4 nitrogen and oxygen atoms in total. The Balaban J connectivity index is 1.49. The lowest BCUT2D eigenvalue weighted by molar-refractivity contribution is -0.134. The summed E-state index contributed by atoms with van der Waals surface area (Å²) in [7, 11) is 0. The maximum Gasteiger partial charge on any atom is 0.226 e. The van der Waals surface area contributed by atoms with Crippen molar-refractivity contribution in [2.75, 3.05) is 32.9 Å². The van der Waals surface area contributed by atoms with Crippen LogP contribution in [0.1, 0.15) is 17.5 Å². The summed E-state index contributed by atoms with van der Waals surface area (Å²) in [6, 6.07) is 8.37. The molecule has 1 aromatic carbocycles. The zero-order chi connectivity index (χ0) is 15.2. The third-order valence-corrected chi connectivity index (χ3v) is 5.84. The Morgan fingerprint density at radius 3 is 2.68 bits per heavy atom. The summed E-state index contributed by atoms with van der Waals surface area (Å²) in [5, 5.41) is 9.84. The Hall–Kier alpha value is -1.39. The van der Waals surface area contributed by atoms with Crippen molar-refractivity contribution in [3.8, 4) is 0 Å². The van der Waals surface area contributed by atoms with Crippen LogP contribution in [-0.2, 0) is 22.4 Å². The van der Waals surface area contributed by atoms with Gasteiger partial charge in [-0.3, -0.25) is 4.79 Å². The van der Waals surface area contributed by atoms with Crippen molar-refractivity contribution in [2.45, 2.75) is 19.3 Å². The lowest BCUT2D eigenvalue weighted by Crippen LogP contribution is -2.43. The molecule has 0 spiro atoms. The number of aliphatic hydroxyl groups excluding tert-OH is 1. The van der Waals surface area contributed by atoms with Gasteiger partial charge in [0.2, 0.25) is 5.91 Å². The van der Waals surface area contributed by atoms with Crippen LogP contribution in [-0.4, -0.2) is 48.8 Å². The molecule has 22 heavy (non-hydrogen) atoms. The quantitative estimate of drug-likeness (QED) is 0.895. The van der Waals surface area contributed by atoms with Gasteiger partial charge in [-0.05, 0) is 36.3 Å². The van der Waals surface area contributed by atoms with Crippen molar-refractivity contribution >= 4 is 5.91 Å². The van der Waals surface area contributed by atoms with Crippen LogP contribution in [0, 0.1) is 17.3 Å². The second-order valence-electron chi connectivity index (χ2n) is 7.15. The van der Waals surface area contributed by atoms with Gasteiger partial charge in [0.05, 0.1) is 13.2 Å². The van der Waals surface area contributed by atoms with E-state index in [4.69, 9.17) is 4.74 Å². The first-order chi connectivity index (χ1) is 10.7. The molecule has 2 atom stereocenters. The number of aliphatic hydroxyl groups is 1. The highest BCUT2D eigenvalue weighted by molar-refractivity contribution is 5.81. The predicted molar refractivity (Wildman–Crippen MR) is 82.4 cm³/mol. The van der Waals surface area contributed by atoms with E-state index in [2.05, 4.69) is 12.1 Å². The van der Waals surface area contributed by atoms with E-state index in [1.165, 1.54) is 11.1 Å². The molecule has 2 fully saturated rings. The molecular formula is C18H23NO3. The lowest BCUT2D eigenvalue weighted by atomic mass is 9.76. The molecule has 2 aliphatic heterocycles. The molecule has 1 amide bonds. The van der Waals surface area contributed by atoms with Crippen LogP contribution in [0.15, 0.2) is 24.3 Å². The number of hydrogen-bond acceptors (Lipinski definition) is 3. The van der Waals surface area contributed by atoms with Crippen LogP contribution >= 0.6 is 0 Å². The summed E-state index contributed by atoms with van der Waals surface area (Å²) in [6.45, 7) is 2.90. The minimum atomic E-state index is -0.223. The molecule has 0 saturated carbocycles. The molecule has 2 saturated heterocycles. The maximum atomic E-state index is 12.9. The molecule has 2 heterocycles. The predicted octanol–water partition coefficient (Wildman–Crippen LogP) is 1.26. The minimum Gasteiger partial charge on any atom is -0.396 e. The number of amides is 1. The molecule has 4 heteroatoms. The number of carbonyl (C=O) groups excluding carboxylic acids is 1. The highest BCUT2D eigenvalue weighted by Gasteiger charge is 2.50. The number of likely N-dealkylation sites (tertiary alicyclic amines) is 1. The third-order valence-electron chi connectivity index (χ3n) is 5.84. The van der Waals surface area contributed by atoms with Crippen molar-refractivity contribution < 1.29 is 14.6 Å². The Morgan fingerprint density at radius 1 is 1.32 bits per heavy atom. The van der Waals surface area contributed by atoms with Crippen LogP contribution in [0.4, 0.5) is 0 Å². The molecule has 118 valence electrons. The summed E-state index contributed by atoms with van der Waals surface area (Å²) in [4.78, 5) is 14.9. The fraction of sp³-hybridized carbons (Fsp3) is 0.611. The molecule has 0 aromatic heterocycles. The van der Waals surface area contributed by atoms with E-state index in [-0.39, 0.29) is 23.8 Å². The number of benzene rings is 1. The SMILES string of the molecule is O=C(C1Cc2ccccc2C1)N1C[C@@H]2CCOC[C@]2(CO)C1. The molecular weight excluding hydrogens is 278 g/mol. The smallest absolute Gasteiger partial charge is 0.226 e. The van der Waals surface area contributed by atoms with Gasteiger partial charge in [0.15, 0.2) is 0 Å². The minimum absolute atomic E-state index is 0.0780. The highest BCUT2D eigenvalue weighted by atomic mass is 16.5. The van der Waals surface area contributed by atoms with Gasteiger partial charge in [-0.15, -0.1) is 0 Å². The highest BCUT2D eigenvalue weighted by Crippen LogP contribution is 2.42. The molecule has 1 aliphatic carbocycles. The topological polar surface area (TPSA) is 49.8 Å². The molecule has 1 aromatic rings. The van der Waals surface area contributed by atoms with Gasteiger partial charge in [-0.25, -0.2) is 0 Å². The van der Waals surface area contributed by atoms with E-state index < -0.39 is 0 Å². The van der Waals surface area contributed by atoms with Crippen LogP contribution in [0.3, 0.4) is 0 Å². The first-order valence-electron chi connectivity index (χ1n) is 8.26. The summed E-state index contributed by atoms with van der Waals surface area (Å²) < 4.78 is 5.58. The summed E-state index contributed by atoms with van der Waals surface area (Å²) in [5.74, 6) is 0.728. The molecule has 3 aliphatic rings. The van der Waals surface area contributed by atoms with Crippen molar-refractivity contribution in [2.24, 2.45) is 17.3 Å². The Kier molecular flexibility index (Phi) is 3.46. The fourth-order valence-corrected chi connectivity index (χ4v) is 4.48. The largest absolute Gasteiger partial charge is 0.396 e. The number of nitrogens with zero attached hydrogens (tertiary/aromatic N) is 1. The van der Waals surface area contributed by atoms with Crippen molar-refractivity contribution in [1.29, 1.82) is 0 Å². The lowest BCUT2D eigenvalue weighted by Gasteiger charge is -2.36. The van der Waals surface area contributed by atoms with Gasteiger partial charge in [0.1, 0.15) is 0 Å². The van der Waals surface area contributed by atoms with Crippen molar-refractivity contribution in [3.05, 3.63) is 35.4 Å². The zero-order valence-electron chi connectivity index (χ0n) is 12.8. The van der Waals surface area contributed by atoms with E-state index in [1.54, 1.807) is 0 Å². The van der Waals surface area contributed by atoms with E-state index in [0.29, 0.717) is 19.1 Å². The van der Waals surface area contributed by atoms with E-state index in [1.807, 2.05) is 17.0 Å². The van der Waals surface area contributed by atoms with Crippen LogP contribution in [0.2, 0.25) is 0 Å². The normalized spacial score (nSPS) is 31.1. The first-order valence-corrected chi connectivity index (χ1v) is 8.26. The average Bonchev–Trinajstić information content (AvgIpc) is 3.15. The van der Waals surface area contributed by atoms with Crippen LogP contribution in [0.5, 0.6) is 0 Å². The number of carbonyl (C=O) groups is 1. The standard InChI is InChI=1S/C18H23NO3/c20-11-18-10-19(9-16(18)5-6-22-12-18)17(21)15-7-13-3-1-2-4-14(13)8-15/h1-4,15-16,20H,5-12H2/t16-,18+/m0/s1. The summed E-state index contributed by atoms with van der Waals surface area (Å²) >= 11 is 0. The fourth-order valence-electron chi connectivity index (χ4n) is 4.48. The van der Waals surface area contributed by atoms with Crippen LogP contribution in [0.25, 0.3) is 0 Å². The zero-order valence-corrected chi connectivity index (χ0v) is 12.8. The summed E-state index contributed by atoms with van der Waals surface area (Å²) in [6.07, 6.45) is 2.67. The second-order valence-corrected chi connectivity index (χ2v) is 7.15. The van der Waals surface area contributed by atoms with Gasteiger partial charge in [0.25, 0.3) is 0 Å². The maximum absolute atomic E-state index is 12.9. The van der Waals surface area contributed by atoms with Crippen LogP contribution < -0.4 is 0 Å². The number of rotatable bonds is 2. The third kappa shape index (κ3) is 2.17. The van der Waals surface area contributed by atoms with Gasteiger partial charge in [-0.1, -0.05) is 24.3 Å². The second kappa shape index (κ2) is 5.36. The summed E-state index contributed by atoms with van der Waals surface area (Å²) in [5.41, 5.74) is 2.41. The van der Waals surface area contributed by atoms with Crippen molar-refractivity contribution in [3.63, 3.8) is 0 Å². The number of fused-ring (bicyclic) bond motifs is 2. The van der Waals surface area contributed by atoms with E-state index >= 15 is 0 Å². The van der Waals surface area contributed by atoms with Gasteiger partial charge >= 0.3 is 0 Å². The van der Waals surface area contributed by atoms with Crippen molar-refractivity contribution in [1.82, 2.24) is 4.90 Å². The van der Waals surface area contributed by atoms with E-state index in [0.717, 1.165) is 32.4 Å². The molecule has 0 bridgehead atoms. The first kappa shape index (κ1) is 14.2. The monoisotopic (exact) mass is 301 g/mol. The Labute approximate surface area is 131 Å². The molecule has 0 radical (unpaired) electrons. The average molecular weight is 301 g/mol. The molecule has 0 unspecified atom stereocenters.